The van der Waals surface area contributed by atoms with Crippen LogP contribution < -0.4 is 10.6 Å². The van der Waals surface area contributed by atoms with Gasteiger partial charge >= 0.3 is 6.09 Å². The quantitative estimate of drug-likeness (QED) is 0.623. The molecule has 4 rings (SSSR count). The smallest absolute Gasteiger partial charge is 0.407 e. The zero-order valence-electron chi connectivity index (χ0n) is 17.8. The lowest BCUT2D eigenvalue weighted by Gasteiger charge is -2.14. The van der Waals surface area contributed by atoms with Crippen molar-refractivity contribution in [1.82, 2.24) is 20.5 Å². The first kappa shape index (κ1) is 21.3. The Bertz CT molecular complexity index is 972. The Kier molecular flexibility index (Phi) is 5.93. The molecule has 9 heteroatoms. The fraction of sp³-hybridized carbons (Fsp3) is 0.545. The fourth-order valence-electron chi connectivity index (χ4n) is 3.96. The summed E-state index contributed by atoms with van der Waals surface area (Å²) < 4.78 is 19.2. The molecular weight excluding hydrogens is 401 g/mol. The number of H-pyrrole nitrogens is 1. The molecule has 2 aliphatic carbocycles. The number of halogens is 1. The molecule has 2 saturated carbocycles. The molecule has 2 aromatic heterocycles. The highest BCUT2D eigenvalue weighted by molar-refractivity contribution is 5.91. The first-order chi connectivity index (χ1) is 14.8. The summed E-state index contributed by atoms with van der Waals surface area (Å²) in [5.74, 6) is 0.113. The van der Waals surface area contributed by atoms with Gasteiger partial charge in [-0.2, -0.15) is 5.10 Å². The molecule has 2 aliphatic rings. The van der Waals surface area contributed by atoms with Crippen LogP contribution in [0.25, 0.3) is 0 Å². The average Bonchev–Trinajstić information content (AvgIpc) is 3.10. The number of pyridine rings is 1. The number of hydrogen-bond donors (Lipinski definition) is 3. The van der Waals surface area contributed by atoms with Crippen molar-refractivity contribution in [2.75, 3.05) is 11.9 Å². The van der Waals surface area contributed by atoms with Crippen molar-refractivity contribution in [3.05, 3.63) is 41.1 Å². The van der Waals surface area contributed by atoms with Crippen LogP contribution in [0.2, 0.25) is 0 Å². The number of alkyl carbamates (subject to hydrolysis) is 1. The summed E-state index contributed by atoms with van der Waals surface area (Å²) in [5.41, 5.74) is 1.64. The Hall–Kier alpha value is -2.97. The van der Waals surface area contributed by atoms with Gasteiger partial charge in [-0.25, -0.2) is 9.18 Å². The minimum absolute atomic E-state index is 0.0762. The largest absolute Gasteiger partial charge is 0.449 e. The lowest BCUT2D eigenvalue weighted by Crippen LogP contribution is -2.35. The normalized spacial score (nSPS) is 21.5. The van der Waals surface area contributed by atoms with Gasteiger partial charge in [0, 0.05) is 28.9 Å². The maximum absolute atomic E-state index is 13.8. The molecule has 2 fully saturated rings. The summed E-state index contributed by atoms with van der Waals surface area (Å²) in [4.78, 5) is 28.2. The van der Waals surface area contributed by atoms with E-state index in [4.69, 9.17) is 4.74 Å². The molecule has 0 aliphatic heterocycles. The summed E-state index contributed by atoms with van der Waals surface area (Å²) in [7, 11) is 0. The Morgan fingerprint density at radius 1 is 1.32 bits per heavy atom. The van der Waals surface area contributed by atoms with Gasteiger partial charge in [0.2, 0.25) is 5.91 Å². The molecule has 1 unspecified atom stereocenters. The monoisotopic (exact) mass is 429 g/mol. The number of carbonyl (C=O) groups is 2. The molecule has 3 N–H and O–H groups in total. The van der Waals surface area contributed by atoms with Crippen LogP contribution in [-0.2, 0) is 16.0 Å². The molecule has 2 heterocycles. The number of aromatic nitrogens is 3. The van der Waals surface area contributed by atoms with Crippen LogP contribution in [0.15, 0.2) is 18.2 Å². The summed E-state index contributed by atoms with van der Waals surface area (Å²) in [5, 5.41) is 12.7. The van der Waals surface area contributed by atoms with Crippen LogP contribution in [0.3, 0.4) is 0 Å². The van der Waals surface area contributed by atoms with Gasteiger partial charge < -0.3 is 15.4 Å². The minimum atomic E-state index is -0.498. The molecule has 2 amide bonds. The average molecular weight is 429 g/mol. The van der Waals surface area contributed by atoms with Crippen molar-refractivity contribution in [2.24, 2.45) is 5.92 Å². The number of rotatable bonds is 7. The van der Waals surface area contributed by atoms with Gasteiger partial charge in [-0.15, -0.1) is 0 Å². The van der Waals surface area contributed by atoms with Crippen LogP contribution >= 0.6 is 0 Å². The summed E-state index contributed by atoms with van der Waals surface area (Å²) in [6.45, 7) is 4.17. The van der Waals surface area contributed by atoms with E-state index >= 15 is 0 Å². The number of anilines is 1. The molecule has 2 aromatic rings. The molecule has 0 bridgehead atoms. The molecule has 8 nitrogen and oxygen atoms in total. The standard InChI is InChI=1S/C22H28FN5O3/c1-13-3-6-16(23)18(24-13)11-20(29)25-19-10-17(27-28-19)15-5-4-14(9-15)12-31-21(30)26-22(2)7-8-22/h3,6,10,14-15H,4-5,7-9,11-12H2,1-2H3,(H,26,30)(H2,25,27,28,29)/t14?,15-/m0/s1. The van der Waals surface area contributed by atoms with Crippen molar-refractivity contribution in [1.29, 1.82) is 0 Å². The van der Waals surface area contributed by atoms with Gasteiger partial charge in [0.15, 0.2) is 5.82 Å². The first-order valence-electron chi connectivity index (χ1n) is 10.7. The highest BCUT2D eigenvalue weighted by Gasteiger charge is 2.39. The van der Waals surface area contributed by atoms with E-state index in [1.165, 1.54) is 6.07 Å². The Morgan fingerprint density at radius 2 is 2.13 bits per heavy atom. The molecule has 0 saturated heterocycles. The maximum atomic E-state index is 13.8. The molecule has 166 valence electrons. The first-order valence-corrected chi connectivity index (χ1v) is 10.7. The number of nitrogens with one attached hydrogen (secondary N) is 3. The molecule has 0 spiro atoms. The lowest BCUT2D eigenvalue weighted by atomic mass is 10.0. The number of amides is 2. The minimum Gasteiger partial charge on any atom is -0.449 e. The topological polar surface area (TPSA) is 109 Å². The number of carbonyl (C=O) groups excluding carboxylic acids is 2. The van der Waals surface area contributed by atoms with E-state index in [9.17, 15) is 14.0 Å². The van der Waals surface area contributed by atoms with Crippen molar-refractivity contribution < 1.29 is 18.7 Å². The predicted molar refractivity (Wildman–Crippen MR) is 112 cm³/mol. The van der Waals surface area contributed by atoms with Gasteiger partial charge in [-0.1, -0.05) is 0 Å². The van der Waals surface area contributed by atoms with Gasteiger partial charge in [0.25, 0.3) is 0 Å². The van der Waals surface area contributed by atoms with Crippen molar-refractivity contribution >= 4 is 17.8 Å². The Morgan fingerprint density at radius 3 is 2.90 bits per heavy atom. The van der Waals surface area contributed by atoms with Crippen LogP contribution in [0.5, 0.6) is 0 Å². The van der Waals surface area contributed by atoms with Crippen molar-refractivity contribution in [3.63, 3.8) is 0 Å². The highest BCUT2D eigenvalue weighted by Crippen LogP contribution is 2.38. The van der Waals surface area contributed by atoms with Gasteiger partial charge in [0.05, 0.1) is 18.7 Å². The predicted octanol–water partition coefficient (Wildman–Crippen LogP) is 3.60. The second-order valence-corrected chi connectivity index (χ2v) is 8.97. The van der Waals surface area contributed by atoms with E-state index in [0.29, 0.717) is 24.0 Å². The summed E-state index contributed by atoms with van der Waals surface area (Å²) >= 11 is 0. The molecule has 0 radical (unpaired) electrons. The zero-order chi connectivity index (χ0) is 22.0. The van der Waals surface area contributed by atoms with Crippen LogP contribution in [0.4, 0.5) is 15.0 Å². The third kappa shape index (κ3) is 5.59. The van der Waals surface area contributed by atoms with Crippen molar-refractivity contribution in [3.8, 4) is 0 Å². The maximum Gasteiger partial charge on any atom is 0.407 e. The van der Waals surface area contributed by atoms with Crippen LogP contribution in [0, 0.1) is 18.7 Å². The Labute approximate surface area is 180 Å². The Balaban J connectivity index is 1.24. The number of ether oxygens (including phenoxy) is 1. The third-order valence-corrected chi connectivity index (χ3v) is 6.09. The third-order valence-electron chi connectivity index (χ3n) is 6.09. The van der Waals surface area contributed by atoms with Crippen molar-refractivity contribution in [2.45, 2.75) is 63.8 Å². The molecular formula is C22H28FN5O3. The molecule has 2 atom stereocenters. The number of nitrogens with zero attached hydrogens (tertiary/aromatic N) is 2. The highest BCUT2D eigenvalue weighted by atomic mass is 19.1. The number of aryl methyl sites for hydroxylation is 1. The van der Waals surface area contributed by atoms with E-state index in [2.05, 4.69) is 25.8 Å². The van der Waals surface area contributed by atoms with E-state index in [1.807, 2.05) is 13.0 Å². The van der Waals surface area contributed by atoms with E-state index in [-0.39, 0.29) is 35.6 Å². The number of hydrogen-bond acceptors (Lipinski definition) is 5. The summed E-state index contributed by atoms with van der Waals surface area (Å²) in [6.07, 6.45) is 4.33. The fourth-order valence-corrected chi connectivity index (χ4v) is 3.96. The molecule has 0 aromatic carbocycles. The SMILES string of the molecule is Cc1ccc(F)c(CC(=O)Nc2cc([C@H]3CCC(COC(=O)NC4(C)CC4)C3)[nH]n2)n1. The molecule has 31 heavy (non-hydrogen) atoms. The van der Waals surface area contributed by atoms with Crippen LogP contribution in [0.1, 0.15) is 62.0 Å². The number of aromatic amines is 1. The lowest BCUT2D eigenvalue weighted by molar-refractivity contribution is -0.115. The van der Waals surface area contributed by atoms with Crippen LogP contribution in [-0.4, -0.2) is 39.3 Å². The van der Waals surface area contributed by atoms with E-state index in [1.54, 1.807) is 13.0 Å². The van der Waals surface area contributed by atoms with Gasteiger partial charge in [-0.3, -0.25) is 14.9 Å². The van der Waals surface area contributed by atoms with Gasteiger partial charge in [-0.05, 0) is 64.0 Å². The second-order valence-electron chi connectivity index (χ2n) is 8.97. The van der Waals surface area contributed by atoms with Gasteiger partial charge in [0.1, 0.15) is 5.82 Å². The van der Waals surface area contributed by atoms with E-state index < -0.39 is 5.82 Å². The van der Waals surface area contributed by atoms with E-state index in [0.717, 1.165) is 37.8 Å². The zero-order valence-corrected chi connectivity index (χ0v) is 17.8. The summed E-state index contributed by atoms with van der Waals surface area (Å²) in [6, 6.07) is 4.69. The second kappa shape index (κ2) is 8.64.